The Morgan fingerprint density at radius 3 is 2.62 bits per heavy atom. The summed E-state index contributed by atoms with van der Waals surface area (Å²) in [4.78, 5) is 18.0. The van der Waals surface area contributed by atoms with E-state index in [1.807, 2.05) is 19.1 Å². The molecule has 1 heterocycles. The van der Waals surface area contributed by atoms with Gasteiger partial charge in [0.1, 0.15) is 11.6 Å². The fourth-order valence-electron chi connectivity index (χ4n) is 4.15. The van der Waals surface area contributed by atoms with E-state index in [0.717, 1.165) is 54.9 Å². The molecule has 3 rings (SSSR count). The largest absolute Gasteiger partial charge is 0.496 e. The monoisotopic (exact) mass is 354 g/mol. The zero-order valence-electron chi connectivity index (χ0n) is 16.5. The van der Waals surface area contributed by atoms with Crippen LogP contribution < -0.4 is 4.74 Å². The molecule has 4 heteroatoms. The minimum Gasteiger partial charge on any atom is -0.496 e. The minimum atomic E-state index is -0.0201. The van der Waals surface area contributed by atoms with Gasteiger partial charge >= 0.3 is 0 Å². The van der Waals surface area contributed by atoms with Gasteiger partial charge in [-0.2, -0.15) is 0 Å². The summed E-state index contributed by atoms with van der Waals surface area (Å²) < 4.78 is 7.70. The van der Waals surface area contributed by atoms with E-state index in [4.69, 9.17) is 4.74 Å². The third-order valence-corrected chi connectivity index (χ3v) is 5.55. The van der Waals surface area contributed by atoms with Gasteiger partial charge in [-0.3, -0.25) is 4.79 Å². The van der Waals surface area contributed by atoms with Gasteiger partial charge in [-0.05, 0) is 62.3 Å². The lowest BCUT2D eigenvalue weighted by atomic mass is 9.83. The summed E-state index contributed by atoms with van der Waals surface area (Å²) in [7, 11) is 1.72. The minimum absolute atomic E-state index is 0.0201. The van der Waals surface area contributed by atoms with E-state index < -0.39 is 0 Å². The highest BCUT2D eigenvalue weighted by Gasteiger charge is 2.26. The molecule has 1 atom stereocenters. The quantitative estimate of drug-likeness (QED) is 0.685. The highest BCUT2D eigenvalue weighted by Crippen LogP contribution is 2.33. The number of methoxy groups -OCH3 is 1. The highest BCUT2D eigenvalue weighted by atomic mass is 16.5. The van der Waals surface area contributed by atoms with Crippen molar-refractivity contribution in [2.75, 3.05) is 7.11 Å². The number of carbonyl (C=O) groups is 1. The molecule has 0 amide bonds. The van der Waals surface area contributed by atoms with Crippen LogP contribution in [-0.2, 0) is 25.8 Å². The van der Waals surface area contributed by atoms with E-state index in [9.17, 15) is 4.79 Å². The van der Waals surface area contributed by atoms with Gasteiger partial charge < -0.3 is 9.30 Å². The van der Waals surface area contributed by atoms with Crippen LogP contribution in [0.2, 0.25) is 0 Å². The lowest BCUT2D eigenvalue weighted by molar-refractivity contribution is 0.0901. The van der Waals surface area contributed by atoms with E-state index in [2.05, 4.69) is 29.6 Å². The van der Waals surface area contributed by atoms with Crippen molar-refractivity contribution in [1.82, 2.24) is 9.55 Å². The molecular weight excluding hydrogens is 324 g/mol. The number of ketones is 1. The van der Waals surface area contributed by atoms with Crippen LogP contribution >= 0.6 is 0 Å². The second-order valence-corrected chi connectivity index (χ2v) is 7.25. The molecule has 1 unspecified atom stereocenters. The van der Waals surface area contributed by atoms with Gasteiger partial charge in [0.2, 0.25) is 0 Å². The van der Waals surface area contributed by atoms with Crippen LogP contribution in [0, 0.1) is 12.8 Å². The van der Waals surface area contributed by atoms with Gasteiger partial charge in [-0.25, -0.2) is 4.98 Å². The predicted molar refractivity (Wildman–Crippen MR) is 104 cm³/mol. The Labute approximate surface area is 156 Å². The first-order valence-electron chi connectivity index (χ1n) is 9.84. The van der Waals surface area contributed by atoms with Gasteiger partial charge in [-0.1, -0.05) is 13.8 Å². The molecule has 1 aliphatic carbocycles. The van der Waals surface area contributed by atoms with E-state index >= 15 is 0 Å². The average molecular weight is 354 g/mol. The molecule has 0 fully saturated rings. The number of rotatable bonds is 7. The first-order valence-corrected chi connectivity index (χ1v) is 9.84. The number of carbonyl (C=O) groups excluding carboxylic acids is 1. The number of hydrogen-bond acceptors (Lipinski definition) is 3. The smallest absolute Gasteiger partial charge is 0.168 e. The fourth-order valence-corrected chi connectivity index (χ4v) is 4.15. The number of Topliss-reactive ketones (excluding diaryl/α,β-unsaturated/α-hetero) is 1. The highest BCUT2D eigenvalue weighted by molar-refractivity contribution is 5.99. The van der Waals surface area contributed by atoms with Gasteiger partial charge in [0.25, 0.3) is 0 Å². The van der Waals surface area contributed by atoms with E-state index in [0.29, 0.717) is 6.54 Å². The van der Waals surface area contributed by atoms with Gasteiger partial charge in [0.15, 0.2) is 5.78 Å². The number of nitrogens with zero attached hydrogens (tertiary/aromatic N) is 2. The number of fused-ring (bicyclic) bond motifs is 1. The summed E-state index contributed by atoms with van der Waals surface area (Å²) in [6, 6.07) is 3.96. The number of ether oxygens (including phenoxy) is 1. The number of aryl methyl sites for hydroxylation is 2. The number of hydrogen-bond donors (Lipinski definition) is 0. The zero-order valence-corrected chi connectivity index (χ0v) is 16.5. The molecule has 2 aromatic rings. The van der Waals surface area contributed by atoms with Crippen molar-refractivity contribution in [2.24, 2.45) is 5.92 Å². The topological polar surface area (TPSA) is 44.1 Å². The first-order chi connectivity index (χ1) is 12.6. The van der Waals surface area contributed by atoms with E-state index in [-0.39, 0.29) is 11.7 Å². The molecule has 0 saturated carbocycles. The molecule has 1 aromatic heterocycles. The molecule has 26 heavy (non-hydrogen) atoms. The van der Waals surface area contributed by atoms with Crippen LogP contribution in [0.3, 0.4) is 0 Å². The molecule has 0 bridgehead atoms. The summed E-state index contributed by atoms with van der Waals surface area (Å²) in [5.74, 6) is 2.24. The second kappa shape index (κ2) is 8.07. The molecule has 0 saturated heterocycles. The maximum atomic E-state index is 13.4. The van der Waals surface area contributed by atoms with Crippen LogP contribution in [-0.4, -0.2) is 22.4 Å². The first kappa shape index (κ1) is 18.7. The van der Waals surface area contributed by atoms with Gasteiger partial charge in [0, 0.05) is 30.6 Å². The summed E-state index contributed by atoms with van der Waals surface area (Å²) in [5.41, 5.74) is 4.39. The zero-order chi connectivity index (χ0) is 18.7. The number of aromatic nitrogens is 2. The number of imidazole rings is 1. The summed E-state index contributed by atoms with van der Waals surface area (Å²) in [6.07, 6.45) is 8.10. The van der Waals surface area contributed by atoms with Crippen LogP contribution in [0.5, 0.6) is 5.75 Å². The normalized spacial score (nSPS) is 14.8. The van der Waals surface area contributed by atoms with Crippen LogP contribution in [0.25, 0.3) is 0 Å². The Morgan fingerprint density at radius 2 is 1.96 bits per heavy atom. The molecule has 1 aromatic carbocycles. The van der Waals surface area contributed by atoms with Crippen molar-refractivity contribution in [1.29, 1.82) is 0 Å². The molecule has 140 valence electrons. The Balaban J connectivity index is 1.91. The Hall–Kier alpha value is -2.10. The summed E-state index contributed by atoms with van der Waals surface area (Å²) in [6.45, 7) is 6.94. The van der Waals surface area contributed by atoms with Gasteiger partial charge in [-0.15, -0.1) is 0 Å². The van der Waals surface area contributed by atoms with Crippen LogP contribution in [0.4, 0.5) is 0 Å². The molecule has 1 aliphatic rings. The van der Waals surface area contributed by atoms with Crippen molar-refractivity contribution < 1.29 is 9.53 Å². The second-order valence-electron chi connectivity index (χ2n) is 7.25. The van der Waals surface area contributed by atoms with Crippen LogP contribution in [0.15, 0.2) is 18.3 Å². The molecule has 0 radical (unpaired) electrons. The SMILES string of the molecule is CCc1nc(C)cn1CC(CC)C(=O)c1ccc(OC)c2c1CCCC2. The van der Waals surface area contributed by atoms with E-state index in [1.54, 1.807) is 7.11 Å². The Kier molecular flexibility index (Phi) is 5.80. The Bertz CT molecular complexity index is 792. The lowest BCUT2D eigenvalue weighted by Gasteiger charge is -2.24. The predicted octanol–water partition coefficient (Wildman–Crippen LogP) is 4.55. The standard InChI is InChI=1S/C22H30N2O2/c1-5-16(14-24-13-15(3)23-21(24)6-2)22(25)19-11-12-20(26-4)18-10-8-7-9-17(18)19/h11-13,16H,5-10,14H2,1-4H3. The van der Waals surface area contributed by atoms with Crippen molar-refractivity contribution in [3.8, 4) is 5.75 Å². The molecule has 0 spiro atoms. The number of benzene rings is 1. The third-order valence-electron chi connectivity index (χ3n) is 5.55. The molecule has 0 aliphatic heterocycles. The maximum absolute atomic E-state index is 13.4. The molecule has 4 nitrogen and oxygen atoms in total. The molecule has 0 N–H and O–H groups in total. The van der Waals surface area contributed by atoms with Crippen molar-refractivity contribution in [2.45, 2.75) is 65.8 Å². The summed E-state index contributed by atoms with van der Waals surface area (Å²) >= 11 is 0. The Morgan fingerprint density at radius 1 is 1.23 bits per heavy atom. The summed E-state index contributed by atoms with van der Waals surface area (Å²) in [5, 5.41) is 0. The fraction of sp³-hybridized carbons (Fsp3) is 0.545. The van der Waals surface area contributed by atoms with Crippen molar-refractivity contribution >= 4 is 5.78 Å². The van der Waals surface area contributed by atoms with Gasteiger partial charge in [0.05, 0.1) is 12.8 Å². The van der Waals surface area contributed by atoms with Crippen molar-refractivity contribution in [3.63, 3.8) is 0 Å². The third kappa shape index (κ3) is 3.55. The maximum Gasteiger partial charge on any atom is 0.168 e. The molecular formula is C22H30N2O2. The van der Waals surface area contributed by atoms with E-state index in [1.165, 1.54) is 17.5 Å². The lowest BCUT2D eigenvalue weighted by Crippen LogP contribution is -2.23. The van der Waals surface area contributed by atoms with Crippen LogP contribution in [0.1, 0.15) is 66.1 Å². The van der Waals surface area contributed by atoms with Crippen molar-refractivity contribution in [3.05, 3.63) is 46.5 Å². The average Bonchev–Trinajstić information content (AvgIpc) is 3.04.